The van der Waals surface area contributed by atoms with Gasteiger partial charge in [0.05, 0.1) is 11.6 Å². The minimum absolute atomic E-state index is 0.0589. The van der Waals surface area contributed by atoms with Crippen molar-refractivity contribution in [3.8, 4) is 6.07 Å². The maximum Gasteiger partial charge on any atom is 0.251 e. The third-order valence-corrected chi connectivity index (χ3v) is 4.96. The third kappa shape index (κ3) is 3.48. The Balaban J connectivity index is 1.51. The number of carbonyl (C=O) groups is 1. The number of likely N-dealkylation sites (tertiary alicyclic amines) is 1. The number of carbonyl (C=O) groups excluding carboxylic acids is 1. The smallest absolute Gasteiger partial charge is 0.251 e. The van der Waals surface area contributed by atoms with E-state index in [1.165, 1.54) is 25.7 Å². The molecular weight excluding hydrogens is 274 g/mol. The van der Waals surface area contributed by atoms with Crippen LogP contribution in [0.25, 0.3) is 0 Å². The van der Waals surface area contributed by atoms with Gasteiger partial charge in [-0.25, -0.2) is 0 Å². The zero-order chi connectivity index (χ0) is 15.4. The van der Waals surface area contributed by atoms with Gasteiger partial charge in [0.1, 0.15) is 0 Å². The van der Waals surface area contributed by atoms with Crippen LogP contribution in [0.3, 0.4) is 0 Å². The summed E-state index contributed by atoms with van der Waals surface area (Å²) in [5, 5.41) is 12.0. The summed E-state index contributed by atoms with van der Waals surface area (Å²) >= 11 is 0. The topological polar surface area (TPSA) is 56.1 Å². The SMILES string of the molecule is N#Cc1cccc(C(=O)NC2CCN(C3CCCC3)CC2)c1. The standard InChI is InChI=1S/C18H23N3O/c19-13-14-4-3-5-15(12-14)18(22)20-16-8-10-21(11-9-16)17-6-1-2-7-17/h3-5,12,16-17H,1-2,6-11H2,(H,20,22). The lowest BCUT2D eigenvalue weighted by Gasteiger charge is -2.36. The summed E-state index contributed by atoms with van der Waals surface area (Å²) in [7, 11) is 0. The molecule has 22 heavy (non-hydrogen) atoms. The van der Waals surface area contributed by atoms with Crippen LogP contribution in [0.4, 0.5) is 0 Å². The highest BCUT2D eigenvalue weighted by atomic mass is 16.1. The molecule has 3 rings (SSSR count). The lowest BCUT2D eigenvalue weighted by Crippen LogP contribution is -2.47. The van der Waals surface area contributed by atoms with E-state index in [0.717, 1.165) is 32.0 Å². The molecule has 116 valence electrons. The van der Waals surface area contributed by atoms with Crippen LogP contribution in [0.5, 0.6) is 0 Å². The van der Waals surface area contributed by atoms with Gasteiger partial charge in [0.25, 0.3) is 5.91 Å². The van der Waals surface area contributed by atoms with Crippen LogP contribution < -0.4 is 5.32 Å². The molecule has 1 N–H and O–H groups in total. The summed E-state index contributed by atoms with van der Waals surface area (Å²) in [6.45, 7) is 2.18. The van der Waals surface area contributed by atoms with E-state index < -0.39 is 0 Å². The molecule has 1 amide bonds. The molecule has 1 saturated carbocycles. The molecule has 0 atom stereocenters. The van der Waals surface area contributed by atoms with Crippen LogP contribution in [0.2, 0.25) is 0 Å². The van der Waals surface area contributed by atoms with E-state index in [4.69, 9.17) is 5.26 Å². The number of nitrogens with one attached hydrogen (secondary N) is 1. The zero-order valence-corrected chi connectivity index (χ0v) is 12.9. The van der Waals surface area contributed by atoms with Crippen molar-refractivity contribution in [2.75, 3.05) is 13.1 Å². The normalized spacial score (nSPS) is 20.7. The first-order valence-electron chi connectivity index (χ1n) is 8.31. The van der Waals surface area contributed by atoms with E-state index in [1.807, 2.05) is 0 Å². The van der Waals surface area contributed by atoms with Crippen molar-refractivity contribution in [2.24, 2.45) is 0 Å². The van der Waals surface area contributed by atoms with Gasteiger partial charge < -0.3 is 10.2 Å². The van der Waals surface area contributed by atoms with Gasteiger partial charge in [0.15, 0.2) is 0 Å². The number of nitrogens with zero attached hydrogens (tertiary/aromatic N) is 2. The molecule has 1 aliphatic heterocycles. The second kappa shape index (κ2) is 6.93. The first-order valence-corrected chi connectivity index (χ1v) is 8.31. The Morgan fingerprint density at radius 3 is 2.59 bits per heavy atom. The van der Waals surface area contributed by atoms with E-state index in [0.29, 0.717) is 11.1 Å². The molecule has 2 aliphatic rings. The molecule has 1 saturated heterocycles. The summed E-state index contributed by atoms with van der Waals surface area (Å²) in [5.74, 6) is -0.0589. The Bertz CT molecular complexity index is 564. The van der Waals surface area contributed by atoms with Gasteiger partial charge in [-0.3, -0.25) is 4.79 Å². The lowest BCUT2D eigenvalue weighted by molar-refractivity contribution is 0.0892. The highest BCUT2D eigenvalue weighted by molar-refractivity contribution is 5.94. The first kappa shape index (κ1) is 15.1. The van der Waals surface area contributed by atoms with Gasteiger partial charge in [0, 0.05) is 30.7 Å². The molecule has 0 unspecified atom stereocenters. The van der Waals surface area contributed by atoms with E-state index in [1.54, 1.807) is 24.3 Å². The van der Waals surface area contributed by atoms with Crippen molar-refractivity contribution in [3.63, 3.8) is 0 Å². The van der Waals surface area contributed by atoms with Gasteiger partial charge in [-0.2, -0.15) is 5.26 Å². The fraction of sp³-hybridized carbons (Fsp3) is 0.556. The van der Waals surface area contributed by atoms with Crippen LogP contribution in [-0.4, -0.2) is 36.0 Å². The largest absolute Gasteiger partial charge is 0.349 e. The minimum Gasteiger partial charge on any atom is -0.349 e. The van der Waals surface area contributed by atoms with E-state index in [9.17, 15) is 4.79 Å². The summed E-state index contributed by atoms with van der Waals surface area (Å²) in [6, 6.07) is 10.0. The number of amides is 1. The molecule has 4 nitrogen and oxygen atoms in total. The van der Waals surface area contributed by atoms with Crippen LogP contribution >= 0.6 is 0 Å². The van der Waals surface area contributed by atoms with Crippen molar-refractivity contribution >= 4 is 5.91 Å². The van der Waals surface area contributed by atoms with Crippen molar-refractivity contribution in [3.05, 3.63) is 35.4 Å². The second-order valence-corrected chi connectivity index (χ2v) is 6.41. The van der Waals surface area contributed by atoms with Gasteiger partial charge in [0.2, 0.25) is 0 Å². The molecule has 1 aromatic rings. The Morgan fingerprint density at radius 2 is 1.91 bits per heavy atom. The molecule has 1 heterocycles. The number of hydrogen-bond acceptors (Lipinski definition) is 3. The minimum atomic E-state index is -0.0589. The van der Waals surface area contributed by atoms with Gasteiger partial charge in [-0.1, -0.05) is 18.9 Å². The summed E-state index contributed by atoms with van der Waals surface area (Å²) in [4.78, 5) is 14.9. The van der Waals surface area contributed by atoms with Crippen molar-refractivity contribution in [2.45, 2.75) is 50.6 Å². The van der Waals surface area contributed by atoms with Crippen LogP contribution in [0.1, 0.15) is 54.4 Å². The van der Waals surface area contributed by atoms with Crippen molar-refractivity contribution in [1.29, 1.82) is 5.26 Å². The predicted octanol–water partition coefficient (Wildman–Crippen LogP) is 2.70. The van der Waals surface area contributed by atoms with Crippen LogP contribution in [0.15, 0.2) is 24.3 Å². The van der Waals surface area contributed by atoms with Crippen LogP contribution in [0, 0.1) is 11.3 Å². The lowest BCUT2D eigenvalue weighted by atomic mass is 10.0. The fourth-order valence-corrected chi connectivity index (χ4v) is 3.68. The Hall–Kier alpha value is -1.86. The fourth-order valence-electron chi connectivity index (χ4n) is 3.68. The van der Waals surface area contributed by atoms with Crippen LogP contribution in [-0.2, 0) is 0 Å². The number of piperidine rings is 1. The molecule has 4 heteroatoms. The summed E-state index contributed by atoms with van der Waals surface area (Å²) in [6.07, 6.45) is 7.49. The van der Waals surface area contributed by atoms with E-state index >= 15 is 0 Å². The average Bonchev–Trinajstić information content (AvgIpc) is 3.10. The van der Waals surface area contributed by atoms with Crippen molar-refractivity contribution in [1.82, 2.24) is 10.2 Å². The molecule has 2 fully saturated rings. The van der Waals surface area contributed by atoms with Gasteiger partial charge in [-0.05, 0) is 43.9 Å². The highest BCUT2D eigenvalue weighted by Gasteiger charge is 2.27. The highest BCUT2D eigenvalue weighted by Crippen LogP contribution is 2.26. The first-order chi connectivity index (χ1) is 10.8. The molecule has 0 aromatic heterocycles. The maximum atomic E-state index is 12.3. The average molecular weight is 297 g/mol. The Kier molecular flexibility index (Phi) is 4.74. The van der Waals surface area contributed by atoms with Crippen molar-refractivity contribution < 1.29 is 4.79 Å². The number of hydrogen-bond donors (Lipinski definition) is 1. The van der Waals surface area contributed by atoms with E-state index in [2.05, 4.69) is 16.3 Å². The molecule has 1 aliphatic carbocycles. The summed E-state index contributed by atoms with van der Waals surface area (Å²) in [5.41, 5.74) is 1.11. The second-order valence-electron chi connectivity index (χ2n) is 6.41. The van der Waals surface area contributed by atoms with E-state index in [-0.39, 0.29) is 11.9 Å². The molecule has 0 spiro atoms. The number of rotatable bonds is 3. The van der Waals surface area contributed by atoms with Gasteiger partial charge in [-0.15, -0.1) is 0 Å². The Morgan fingerprint density at radius 1 is 1.18 bits per heavy atom. The number of nitriles is 1. The third-order valence-electron chi connectivity index (χ3n) is 4.96. The molecule has 0 bridgehead atoms. The Labute approximate surface area is 132 Å². The number of benzene rings is 1. The summed E-state index contributed by atoms with van der Waals surface area (Å²) < 4.78 is 0. The monoisotopic (exact) mass is 297 g/mol. The molecular formula is C18H23N3O. The predicted molar refractivity (Wildman–Crippen MR) is 85.5 cm³/mol. The molecule has 1 aromatic carbocycles. The maximum absolute atomic E-state index is 12.3. The van der Waals surface area contributed by atoms with Gasteiger partial charge >= 0.3 is 0 Å². The zero-order valence-electron chi connectivity index (χ0n) is 12.9. The molecule has 0 radical (unpaired) electrons. The quantitative estimate of drug-likeness (QED) is 0.933.